The molecule has 3 aromatic rings. The molecule has 4 rings (SSSR count). The largest absolute Gasteiger partial charge is 0.294 e. The van der Waals surface area contributed by atoms with E-state index in [1.807, 2.05) is 78.9 Å². The zero-order chi connectivity index (χ0) is 20.1. The van der Waals surface area contributed by atoms with E-state index in [1.54, 1.807) is 0 Å². The molecule has 1 saturated carbocycles. The molecule has 0 saturated heterocycles. The zero-order valence-electron chi connectivity index (χ0n) is 16.5. The number of hydrogen-bond donors (Lipinski definition) is 0. The first-order valence-electron chi connectivity index (χ1n) is 10.5. The van der Waals surface area contributed by atoms with Gasteiger partial charge in [-0.15, -0.1) is 0 Å². The predicted octanol–water partition coefficient (Wildman–Crippen LogP) is 6.34. The first-order valence-corrected chi connectivity index (χ1v) is 10.5. The molecule has 2 heteroatoms. The summed E-state index contributed by atoms with van der Waals surface area (Å²) in [5.74, 6) is 0.363. The van der Waals surface area contributed by atoms with Crippen molar-refractivity contribution in [3.05, 3.63) is 108 Å². The van der Waals surface area contributed by atoms with Crippen LogP contribution in [0.25, 0.3) is 0 Å². The lowest BCUT2D eigenvalue weighted by Crippen LogP contribution is -2.35. The zero-order valence-corrected chi connectivity index (χ0v) is 16.5. The maximum absolute atomic E-state index is 13.6. The van der Waals surface area contributed by atoms with Gasteiger partial charge in [0.1, 0.15) is 0 Å². The van der Waals surface area contributed by atoms with Crippen molar-refractivity contribution in [3.63, 3.8) is 0 Å². The van der Waals surface area contributed by atoms with Gasteiger partial charge in [-0.25, -0.2) is 0 Å². The molecule has 146 valence electrons. The van der Waals surface area contributed by atoms with Crippen LogP contribution in [0.2, 0.25) is 0 Å². The lowest BCUT2D eigenvalue weighted by Gasteiger charge is -2.37. The first-order chi connectivity index (χ1) is 14.2. The van der Waals surface area contributed by atoms with Crippen molar-refractivity contribution in [1.29, 1.82) is 0 Å². The molecule has 0 heterocycles. The monoisotopic (exact) mass is 382 g/mol. The highest BCUT2D eigenvalue weighted by Gasteiger charge is 2.40. The average molecular weight is 383 g/mol. The second-order valence-electron chi connectivity index (χ2n) is 7.96. The topological polar surface area (TPSA) is 34.1 Å². The fraction of sp³-hybridized carbons (Fsp3) is 0.259. The fourth-order valence-corrected chi connectivity index (χ4v) is 4.76. The summed E-state index contributed by atoms with van der Waals surface area (Å²) in [6, 6.07) is 29.3. The van der Waals surface area contributed by atoms with Crippen LogP contribution in [0, 0.1) is 11.8 Å². The minimum absolute atomic E-state index is 0.0642. The van der Waals surface area contributed by atoms with E-state index in [4.69, 9.17) is 0 Å². The van der Waals surface area contributed by atoms with E-state index < -0.39 is 0 Å². The molecule has 29 heavy (non-hydrogen) atoms. The van der Waals surface area contributed by atoms with Crippen molar-refractivity contribution >= 4 is 11.6 Å². The Morgan fingerprint density at radius 1 is 0.690 bits per heavy atom. The van der Waals surface area contributed by atoms with E-state index >= 15 is 0 Å². The number of ketones is 2. The second-order valence-corrected chi connectivity index (χ2v) is 7.96. The van der Waals surface area contributed by atoms with E-state index in [0.717, 1.165) is 30.4 Å². The Bertz CT molecular complexity index is 948. The van der Waals surface area contributed by atoms with Crippen LogP contribution >= 0.6 is 0 Å². The molecule has 3 atom stereocenters. The Morgan fingerprint density at radius 3 is 1.86 bits per heavy atom. The SMILES string of the molecule is O=C(C[C@H]1CCC[C@@H](c2ccccc2)[C@@H]1C(=O)c1ccccc1)c1ccccc1. The van der Waals surface area contributed by atoms with Crippen LogP contribution in [0.3, 0.4) is 0 Å². The standard InChI is InChI=1S/C27H26O2/c28-25(21-13-6-2-7-14-21)19-23-17-10-18-24(20-11-4-1-5-12-20)26(23)27(29)22-15-8-3-9-16-22/h1-9,11-16,23-24,26H,10,17-19H2/t23-,24+,26-/m1/s1. The van der Waals surface area contributed by atoms with Crippen molar-refractivity contribution < 1.29 is 9.59 Å². The maximum Gasteiger partial charge on any atom is 0.166 e. The van der Waals surface area contributed by atoms with Gasteiger partial charge in [-0.05, 0) is 30.2 Å². The first kappa shape index (κ1) is 19.3. The average Bonchev–Trinajstić information content (AvgIpc) is 2.80. The third kappa shape index (κ3) is 4.37. The number of carbonyl (C=O) groups is 2. The number of rotatable bonds is 6. The van der Waals surface area contributed by atoms with Crippen molar-refractivity contribution in [1.82, 2.24) is 0 Å². The minimum atomic E-state index is -0.166. The molecular weight excluding hydrogens is 356 g/mol. The Balaban J connectivity index is 1.66. The van der Waals surface area contributed by atoms with Gasteiger partial charge in [0.15, 0.2) is 11.6 Å². The molecule has 0 aromatic heterocycles. The fourth-order valence-electron chi connectivity index (χ4n) is 4.76. The molecule has 1 aliphatic rings. The Morgan fingerprint density at radius 2 is 1.24 bits per heavy atom. The third-order valence-corrected chi connectivity index (χ3v) is 6.16. The van der Waals surface area contributed by atoms with Gasteiger partial charge in [0, 0.05) is 23.5 Å². The Labute approximate surface area is 172 Å². The van der Waals surface area contributed by atoms with Crippen LogP contribution in [0.1, 0.15) is 57.9 Å². The molecule has 1 fully saturated rings. The van der Waals surface area contributed by atoms with Gasteiger partial charge in [-0.3, -0.25) is 9.59 Å². The summed E-state index contributed by atoms with van der Waals surface area (Å²) >= 11 is 0. The highest BCUT2D eigenvalue weighted by Crippen LogP contribution is 2.44. The van der Waals surface area contributed by atoms with Gasteiger partial charge in [0.05, 0.1) is 0 Å². The van der Waals surface area contributed by atoms with Gasteiger partial charge in [-0.2, -0.15) is 0 Å². The summed E-state index contributed by atoms with van der Waals surface area (Å²) in [5, 5.41) is 0. The highest BCUT2D eigenvalue weighted by atomic mass is 16.1. The molecule has 2 nitrogen and oxygen atoms in total. The summed E-state index contributed by atoms with van der Waals surface area (Å²) in [6.07, 6.45) is 3.38. The second kappa shape index (κ2) is 9.00. The molecule has 0 radical (unpaired) electrons. The highest BCUT2D eigenvalue weighted by molar-refractivity contribution is 6.00. The molecule has 1 aliphatic carbocycles. The molecule has 3 aromatic carbocycles. The lowest BCUT2D eigenvalue weighted by atomic mass is 9.65. The van der Waals surface area contributed by atoms with Crippen LogP contribution in [0.5, 0.6) is 0 Å². The lowest BCUT2D eigenvalue weighted by molar-refractivity contribution is 0.0749. The van der Waals surface area contributed by atoms with Gasteiger partial charge < -0.3 is 0 Å². The van der Waals surface area contributed by atoms with Gasteiger partial charge in [-0.1, -0.05) is 97.4 Å². The molecule has 0 spiro atoms. The van der Waals surface area contributed by atoms with Crippen LogP contribution < -0.4 is 0 Å². The number of Topliss-reactive ketones (excluding diaryl/α,β-unsaturated/α-hetero) is 2. The van der Waals surface area contributed by atoms with E-state index in [9.17, 15) is 9.59 Å². The summed E-state index contributed by atoms with van der Waals surface area (Å²) in [6.45, 7) is 0. The van der Waals surface area contributed by atoms with Crippen molar-refractivity contribution in [3.8, 4) is 0 Å². The molecule has 0 unspecified atom stereocenters. The van der Waals surface area contributed by atoms with Gasteiger partial charge in [0.2, 0.25) is 0 Å². The van der Waals surface area contributed by atoms with E-state index in [1.165, 1.54) is 5.56 Å². The third-order valence-electron chi connectivity index (χ3n) is 6.16. The molecule has 0 N–H and O–H groups in total. The molecule has 0 bridgehead atoms. The summed E-state index contributed by atoms with van der Waals surface area (Å²) < 4.78 is 0. The normalized spacial score (nSPS) is 21.4. The maximum atomic E-state index is 13.6. The Kier molecular flexibility index (Phi) is 6.00. The van der Waals surface area contributed by atoms with Gasteiger partial charge >= 0.3 is 0 Å². The van der Waals surface area contributed by atoms with Gasteiger partial charge in [0.25, 0.3) is 0 Å². The number of benzene rings is 3. The van der Waals surface area contributed by atoms with E-state index in [2.05, 4.69) is 12.1 Å². The van der Waals surface area contributed by atoms with E-state index in [-0.39, 0.29) is 29.3 Å². The van der Waals surface area contributed by atoms with Crippen LogP contribution in [-0.2, 0) is 0 Å². The quantitative estimate of drug-likeness (QED) is 0.466. The predicted molar refractivity (Wildman–Crippen MR) is 116 cm³/mol. The smallest absolute Gasteiger partial charge is 0.166 e. The van der Waals surface area contributed by atoms with Crippen LogP contribution in [0.4, 0.5) is 0 Å². The van der Waals surface area contributed by atoms with Crippen molar-refractivity contribution in [2.24, 2.45) is 11.8 Å². The number of hydrogen-bond acceptors (Lipinski definition) is 2. The molecule has 0 aliphatic heterocycles. The molecular formula is C27H26O2. The number of carbonyl (C=O) groups excluding carboxylic acids is 2. The molecule has 0 amide bonds. The van der Waals surface area contributed by atoms with E-state index in [0.29, 0.717) is 6.42 Å². The minimum Gasteiger partial charge on any atom is -0.294 e. The summed E-state index contributed by atoms with van der Waals surface area (Å²) in [7, 11) is 0. The summed E-state index contributed by atoms with van der Waals surface area (Å²) in [4.78, 5) is 26.6. The van der Waals surface area contributed by atoms with Crippen LogP contribution in [0.15, 0.2) is 91.0 Å². The summed E-state index contributed by atoms with van der Waals surface area (Å²) in [5.41, 5.74) is 2.69. The van der Waals surface area contributed by atoms with Crippen LogP contribution in [-0.4, -0.2) is 11.6 Å². The van der Waals surface area contributed by atoms with Crippen molar-refractivity contribution in [2.45, 2.75) is 31.6 Å². The van der Waals surface area contributed by atoms with Crippen molar-refractivity contribution in [2.75, 3.05) is 0 Å². The Hall–Kier alpha value is -3.00.